The largest absolute Gasteiger partial charge is 0.497 e. The molecule has 0 saturated carbocycles. The number of nitrogens with zero attached hydrogens (tertiary/aromatic N) is 2. The Labute approximate surface area is 163 Å². The lowest BCUT2D eigenvalue weighted by molar-refractivity contribution is -0.122. The third-order valence-electron chi connectivity index (χ3n) is 4.46. The summed E-state index contributed by atoms with van der Waals surface area (Å²) in [6.07, 6.45) is 1.17. The highest BCUT2D eigenvalue weighted by molar-refractivity contribution is 7.89. The maximum absolute atomic E-state index is 13.1. The van der Waals surface area contributed by atoms with Crippen molar-refractivity contribution in [3.8, 4) is 5.75 Å². The molecule has 1 aliphatic rings. The first-order valence-corrected chi connectivity index (χ1v) is 10.0. The van der Waals surface area contributed by atoms with Gasteiger partial charge in [0, 0.05) is 6.54 Å². The van der Waals surface area contributed by atoms with E-state index < -0.39 is 27.9 Å². The van der Waals surface area contributed by atoms with Crippen molar-refractivity contribution in [3.05, 3.63) is 67.3 Å². The van der Waals surface area contributed by atoms with Crippen LogP contribution in [0.3, 0.4) is 0 Å². The van der Waals surface area contributed by atoms with Gasteiger partial charge in [-0.2, -0.15) is 4.31 Å². The van der Waals surface area contributed by atoms with Gasteiger partial charge in [-0.25, -0.2) is 13.3 Å². The van der Waals surface area contributed by atoms with Gasteiger partial charge < -0.3 is 4.74 Å². The second kappa shape index (κ2) is 7.95. The normalized spacial score (nSPS) is 17.2. The number of anilines is 1. The van der Waals surface area contributed by atoms with Crippen LogP contribution in [0.5, 0.6) is 5.75 Å². The molecule has 8 heteroatoms. The molecule has 7 nitrogen and oxygen atoms in total. The first-order chi connectivity index (χ1) is 13.4. The molecular weight excluding hydrogens is 380 g/mol. The summed E-state index contributed by atoms with van der Waals surface area (Å²) in [6, 6.07) is 13.1. The molecule has 0 radical (unpaired) electrons. The number of hydrogen-bond donors (Lipinski definition) is 0. The molecule has 146 valence electrons. The van der Waals surface area contributed by atoms with E-state index >= 15 is 0 Å². The predicted molar refractivity (Wildman–Crippen MR) is 104 cm³/mol. The maximum Gasteiger partial charge on any atom is 0.252 e. The highest BCUT2D eigenvalue weighted by atomic mass is 32.2. The van der Waals surface area contributed by atoms with E-state index in [9.17, 15) is 18.0 Å². The summed E-state index contributed by atoms with van der Waals surface area (Å²) in [7, 11) is -2.46. The van der Waals surface area contributed by atoms with Crippen molar-refractivity contribution in [2.45, 2.75) is 17.4 Å². The molecule has 1 saturated heterocycles. The van der Waals surface area contributed by atoms with E-state index in [1.54, 1.807) is 42.5 Å². The lowest BCUT2D eigenvalue weighted by Gasteiger charge is -2.25. The van der Waals surface area contributed by atoms with Crippen LogP contribution in [-0.4, -0.2) is 44.2 Å². The topological polar surface area (TPSA) is 84.0 Å². The fourth-order valence-corrected chi connectivity index (χ4v) is 4.66. The maximum atomic E-state index is 13.1. The van der Waals surface area contributed by atoms with Gasteiger partial charge in [-0.05, 0) is 36.4 Å². The van der Waals surface area contributed by atoms with Gasteiger partial charge in [-0.3, -0.25) is 9.59 Å². The zero-order valence-electron chi connectivity index (χ0n) is 15.3. The molecule has 0 bridgehead atoms. The van der Waals surface area contributed by atoms with Gasteiger partial charge in [0.15, 0.2) is 0 Å². The molecule has 1 fully saturated rings. The first-order valence-electron chi connectivity index (χ1n) is 8.58. The van der Waals surface area contributed by atoms with Crippen LogP contribution in [-0.2, 0) is 19.6 Å². The number of methoxy groups -OCH3 is 1. The SMILES string of the molecule is C=CCN(C1CC(=O)N(c2ccc(OC)cc2)C1=O)S(=O)(=O)c1ccccc1. The lowest BCUT2D eigenvalue weighted by atomic mass is 10.2. The Kier molecular flexibility index (Phi) is 5.62. The van der Waals surface area contributed by atoms with Crippen molar-refractivity contribution in [1.29, 1.82) is 0 Å². The zero-order valence-corrected chi connectivity index (χ0v) is 16.1. The van der Waals surface area contributed by atoms with Crippen molar-refractivity contribution < 1.29 is 22.7 Å². The Morgan fingerprint density at radius 2 is 1.79 bits per heavy atom. The summed E-state index contributed by atoms with van der Waals surface area (Å²) in [5.41, 5.74) is 0.369. The van der Waals surface area contributed by atoms with Gasteiger partial charge >= 0.3 is 0 Å². The second-order valence-corrected chi connectivity index (χ2v) is 8.05. The van der Waals surface area contributed by atoms with Crippen LogP contribution >= 0.6 is 0 Å². The minimum Gasteiger partial charge on any atom is -0.497 e. The Balaban J connectivity index is 1.95. The molecule has 2 aromatic carbocycles. The first kappa shape index (κ1) is 19.8. The summed E-state index contributed by atoms with van der Waals surface area (Å²) in [5.74, 6) is -0.464. The number of hydrogen-bond acceptors (Lipinski definition) is 5. The zero-order chi connectivity index (χ0) is 20.3. The lowest BCUT2D eigenvalue weighted by Crippen LogP contribution is -2.45. The van der Waals surface area contributed by atoms with Crippen LogP contribution in [0.2, 0.25) is 0 Å². The van der Waals surface area contributed by atoms with Gasteiger partial charge in [0.1, 0.15) is 11.8 Å². The number of ether oxygens (including phenoxy) is 1. The summed E-state index contributed by atoms with van der Waals surface area (Å²) in [6.45, 7) is 3.50. The molecule has 0 N–H and O–H groups in total. The fourth-order valence-electron chi connectivity index (χ4n) is 3.09. The van der Waals surface area contributed by atoms with Crippen LogP contribution in [0.15, 0.2) is 72.1 Å². The summed E-state index contributed by atoms with van der Waals surface area (Å²) >= 11 is 0. The third-order valence-corrected chi connectivity index (χ3v) is 6.35. The van der Waals surface area contributed by atoms with E-state index in [4.69, 9.17) is 4.74 Å². The summed E-state index contributed by atoms with van der Waals surface area (Å²) < 4.78 is 32.2. The highest BCUT2D eigenvalue weighted by Crippen LogP contribution is 2.30. The number of sulfonamides is 1. The molecule has 1 heterocycles. The van der Waals surface area contributed by atoms with E-state index in [0.29, 0.717) is 11.4 Å². The van der Waals surface area contributed by atoms with Gasteiger partial charge in [0.25, 0.3) is 5.91 Å². The molecule has 1 unspecified atom stereocenters. The monoisotopic (exact) mass is 400 g/mol. The van der Waals surface area contributed by atoms with E-state index in [0.717, 1.165) is 9.21 Å². The standard InChI is InChI=1S/C20H20N2O5S/c1-3-13-21(28(25,26)17-7-5-4-6-8-17)18-14-19(23)22(20(18)24)15-9-11-16(27-2)12-10-15/h3-12,18H,1,13-14H2,2H3. The average molecular weight is 400 g/mol. The number of amides is 2. The second-order valence-electron chi connectivity index (χ2n) is 6.16. The van der Waals surface area contributed by atoms with Crippen LogP contribution < -0.4 is 9.64 Å². The van der Waals surface area contributed by atoms with Gasteiger partial charge in [-0.1, -0.05) is 24.3 Å². The molecular formula is C20H20N2O5S. The number of benzene rings is 2. The molecule has 2 amide bonds. The minimum absolute atomic E-state index is 0.0556. The van der Waals surface area contributed by atoms with Gasteiger partial charge in [0.05, 0.1) is 24.1 Å². The van der Waals surface area contributed by atoms with Crippen LogP contribution in [0, 0.1) is 0 Å². The molecule has 1 aliphatic heterocycles. The summed E-state index contributed by atoms with van der Waals surface area (Å²) in [4.78, 5) is 26.6. The van der Waals surface area contributed by atoms with Crippen molar-refractivity contribution >= 4 is 27.5 Å². The van der Waals surface area contributed by atoms with Gasteiger partial charge in [-0.15, -0.1) is 6.58 Å². The van der Waals surface area contributed by atoms with Crippen LogP contribution in [0.1, 0.15) is 6.42 Å². The fraction of sp³-hybridized carbons (Fsp3) is 0.200. The minimum atomic E-state index is -3.98. The van der Waals surface area contributed by atoms with Crippen molar-refractivity contribution in [2.24, 2.45) is 0 Å². The number of imide groups is 1. The molecule has 3 rings (SSSR count). The predicted octanol–water partition coefficient (Wildman–Crippen LogP) is 2.20. The van der Waals surface area contributed by atoms with Crippen molar-refractivity contribution in [3.63, 3.8) is 0 Å². The average Bonchev–Trinajstić information content (AvgIpc) is 3.00. The Morgan fingerprint density at radius 1 is 1.14 bits per heavy atom. The van der Waals surface area contributed by atoms with E-state index in [2.05, 4.69) is 6.58 Å². The Hall–Kier alpha value is -2.97. The van der Waals surface area contributed by atoms with E-state index in [-0.39, 0.29) is 17.9 Å². The molecule has 0 aromatic heterocycles. The number of carbonyl (C=O) groups is 2. The van der Waals surface area contributed by atoms with Gasteiger partial charge in [0.2, 0.25) is 15.9 Å². The Bertz CT molecular complexity index is 987. The summed E-state index contributed by atoms with van der Waals surface area (Å²) in [5, 5.41) is 0. The van der Waals surface area contributed by atoms with E-state index in [1.807, 2.05) is 0 Å². The Morgan fingerprint density at radius 3 is 2.36 bits per heavy atom. The number of rotatable bonds is 7. The molecule has 0 aliphatic carbocycles. The smallest absolute Gasteiger partial charge is 0.252 e. The quantitative estimate of drug-likeness (QED) is 0.526. The van der Waals surface area contributed by atoms with Crippen molar-refractivity contribution in [1.82, 2.24) is 4.31 Å². The van der Waals surface area contributed by atoms with E-state index in [1.165, 1.54) is 25.3 Å². The number of carbonyl (C=O) groups excluding carboxylic acids is 2. The molecule has 2 aromatic rings. The van der Waals surface area contributed by atoms with Crippen LogP contribution in [0.4, 0.5) is 5.69 Å². The molecule has 1 atom stereocenters. The highest BCUT2D eigenvalue weighted by Gasteiger charge is 2.46. The third kappa shape index (κ3) is 3.56. The molecule has 0 spiro atoms. The molecule has 28 heavy (non-hydrogen) atoms. The van der Waals surface area contributed by atoms with Crippen molar-refractivity contribution in [2.75, 3.05) is 18.6 Å². The van der Waals surface area contributed by atoms with Crippen LogP contribution in [0.25, 0.3) is 0 Å².